The monoisotopic (exact) mass is 254 g/mol. The van der Waals surface area contributed by atoms with Crippen LogP contribution >= 0.6 is 11.6 Å². The van der Waals surface area contributed by atoms with Crippen LogP contribution in [-0.2, 0) is 0 Å². The van der Waals surface area contributed by atoms with Crippen molar-refractivity contribution < 1.29 is 4.92 Å². The van der Waals surface area contributed by atoms with Gasteiger partial charge in [0.1, 0.15) is 0 Å². The third-order valence-electron chi connectivity index (χ3n) is 2.42. The van der Waals surface area contributed by atoms with Crippen molar-refractivity contribution in [2.75, 3.05) is 19.0 Å². The minimum absolute atomic E-state index is 0.157. The summed E-state index contributed by atoms with van der Waals surface area (Å²) < 4.78 is 0. The van der Waals surface area contributed by atoms with Crippen molar-refractivity contribution in [3.63, 3.8) is 0 Å². The van der Waals surface area contributed by atoms with E-state index in [-0.39, 0.29) is 10.6 Å². The maximum atomic E-state index is 10.7. The van der Waals surface area contributed by atoms with Crippen molar-refractivity contribution in [1.82, 2.24) is 0 Å². The highest BCUT2D eigenvalue weighted by Gasteiger charge is 2.09. The lowest BCUT2D eigenvalue weighted by atomic mass is 10.1. The van der Waals surface area contributed by atoms with E-state index in [0.717, 1.165) is 5.69 Å². The van der Waals surface area contributed by atoms with Crippen LogP contribution in [0.25, 0.3) is 6.08 Å². The molecule has 1 aromatic rings. The Morgan fingerprint density at radius 3 is 2.59 bits per heavy atom. The highest BCUT2D eigenvalue weighted by atomic mass is 35.5. The summed E-state index contributed by atoms with van der Waals surface area (Å²) in [5, 5.41) is 11.2. The second-order valence-corrected chi connectivity index (χ2v) is 4.25. The minimum atomic E-state index is -0.379. The summed E-state index contributed by atoms with van der Waals surface area (Å²) in [4.78, 5) is 12.3. The summed E-state index contributed by atoms with van der Waals surface area (Å²) in [5.41, 5.74) is 1.79. The van der Waals surface area contributed by atoms with Crippen LogP contribution in [0.15, 0.2) is 23.9 Å². The Labute approximate surface area is 106 Å². The number of nitrogens with zero attached hydrogens (tertiary/aromatic N) is 2. The molecule has 17 heavy (non-hydrogen) atoms. The molecule has 1 aromatic carbocycles. The second-order valence-electron chi connectivity index (χ2n) is 3.85. The Morgan fingerprint density at radius 2 is 2.18 bits per heavy atom. The van der Waals surface area contributed by atoms with E-state index in [1.54, 1.807) is 19.1 Å². The topological polar surface area (TPSA) is 46.4 Å². The third-order valence-corrected chi connectivity index (χ3v) is 2.75. The number of rotatable bonds is 4. The number of hydrogen-bond donors (Lipinski definition) is 0. The molecule has 0 fully saturated rings. The molecule has 92 valence electrons. The zero-order valence-corrected chi connectivity index (χ0v) is 10.9. The predicted octanol–water partition coefficient (Wildman–Crippen LogP) is 3.43. The van der Waals surface area contributed by atoms with Gasteiger partial charge < -0.3 is 4.90 Å². The molecule has 0 spiro atoms. The van der Waals surface area contributed by atoms with Crippen LogP contribution in [0.5, 0.6) is 0 Å². The largest absolute Gasteiger partial charge is 0.378 e. The summed E-state index contributed by atoms with van der Waals surface area (Å²) >= 11 is 6.09. The van der Waals surface area contributed by atoms with E-state index in [2.05, 4.69) is 0 Å². The summed E-state index contributed by atoms with van der Waals surface area (Å²) in [6.07, 6.45) is 1.89. The van der Waals surface area contributed by atoms with E-state index in [1.165, 1.54) is 6.08 Å². The Bertz CT molecular complexity index is 456. The molecule has 0 bridgehead atoms. The molecule has 0 radical (unpaired) electrons. The first kappa shape index (κ1) is 13.5. The summed E-state index contributed by atoms with van der Waals surface area (Å²) in [7, 11) is 3.82. The fraction of sp³-hybridized carbons (Fsp3) is 0.333. The molecule has 0 heterocycles. The summed E-state index contributed by atoms with van der Waals surface area (Å²) in [6.45, 7) is 1.75. The first-order valence-electron chi connectivity index (χ1n) is 5.27. The quantitative estimate of drug-likeness (QED) is 0.611. The van der Waals surface area contributed by atoms with Gasteiger partial charge in [0, 0.05) is 32.3 Å². The molecular formula is C12H15ClN2O2. The van der Waals surface area contributed by atoms with Crippen LogP contribution < -0.4 is 4.90 Å². The Morgan fingerprint density at radius 1 is 1.53 bits per heavy atom. The van der Waals surface area contributed by atoms with Gasteiger partial charge in [-0.15, -0.1) is 0 Å². The van der Waals surface area contributed by atoms with Gasteiger partial charge in [0.25, 0.3) is 0 Å². The molecule has 0 saturated heterocycles. The molecule has 0 aliphatic rings. The first-order chi connectivity index (χ1) is 7.95. The fourth-order valence-corrected chi connectivity index (χ4v) is 1.60. The highest BCUT2D eigenvalue weighted by Crippen LogP contribution is 2.25. The Hall–Kier alpha value is -1.55. The number of nitro groups is 1. The van der Waals surface area contributed by atoms with Gasteiger partial charge in [0.2, 0.25) is 5.70 Å². The van der Waals surface area contributed by atoms with Crippen LogP contribution in [0, 0.1) is 10.1 Å². The van der Waals surface area contributed by atoms with Crippen molar-refractivity contribution in [1.29, 1.82) is 0 Å². The number of allylic oxidation sites excluding steroid dienone is 1. The predicted molar refractivity (Wildman–Crippen MR) is 71.0 cm³/mol. The van der Waals surface area contributed by atoms with Gasteiger partial charge in [-0.2, -0.15) is 0 Å². The maximum absolute atomic E-state index is 10.7. The minimum Gasteiger partial charge on any atom is -0.378 e. The molecule has 1 rings (SSSR count). The highest BCUT2D eigenvalue weighted by molar-refractivity contribution is 6.32. The molecule has 0 aromatic heterocycles. The van der Waals surface area contributed by atoms with Crippen LogP contribution in [0.1, 0.15) is 18.9 Å². The van der Waals surface area contributed by atoms with Gasteiger partial charge in [-0.3, -0.25) is 10.1 Å². The van der Waals surface area contributed by atoms with E-state index in [0.29, 0.717) is 17.0 Å². The molecule has 0 atom stereocenters. The average Bonchev–Trinajstić information content (AvgIpc) is 2.26. The van der Waals surface area contributed by atoms with Crippen LogP contribution in [0.4, 0.5) is 5.69 Å². The van der Waals surface area contributed by atoms with E-state index < -0.39 is 0 Å². The summed E-state index contributed by atoms with van der Waals surface area (Å²) in [5.74, 6) is 0. The zero-order chi connectivity index (χ0) is 13.0. The van der Waals surface area contributed by atoms with Crippen LogP contribution in [0.3, 0.4) is 0 Å². The molecular weight excluding hydrogens is 240 g/mol. The smallest absolute Gasteiger partial charge is 0.246 e. The van der Waals surface area contributed by atoms with Gasteiger partial charge >= 0.3 is 0 Å². The van der Waals surface area contributed by atoms with Gasteiger partial charge in [0.05, 0.1) is 9.95 Å². The van der Waals surface area contributed by atoms with Crippen molar-refractivity contribution in [2.24, 2.45) is 0 Å². The van der Waals surface area contributed by atoms with Crippen molar-refractivity contribution in [2.45, 2.75) is 13.3 Å². The van der Waals surface area contributed by atoms with E-state index >= 15 is 0 Å². The normalized spacial score (nSPS) is 11.4. The van der Waals surface area contributed by atoms with E-state index in [1.807, 2.05) is 25.1 Å². The molecule has 0 saturated carbocycles. The molecule has 0 unspecified atom stereocenters. The molecule has 4 nitrogen and oxygen atoms in total. The number of halogens is 1. The lowest BCUT2D eigenvalue weighted by molar-refractivity contribution is -0.425. The fourth-order valence-electron chi connectivity index (χ4n) is 1.37. The van der Waals surface area contributed by atoms with E-state index in [4.69, 9.17) is 11.6 Å². The van der Waals surface area contributed by atoms with Crippen molar-refractivity contribution >= 4 is 23.4 Å². The molecule has 0 aliphatic carbocycles. The lowest BCUT2D eigenvalue weighted by Gasteiger charge is -2.13. The van der Waals surface area contributed by atoms with Crippen molar-refractivity contribution in [3.05, 3.63) is 44.6 Å². The summed E-state index contributed by atoms with van der Waals surface area (Å²) in [6, 6.07) is 5.46. The zero-order valence-electron chi connectivity index (χ0n) is 10.1. The van der Waals surface area contributed by atoms with Gasteiger partial charge in [-0.1, -0.05) is 24.6 Å². The third kappa shape index (κ3) is 3.46. The lowest BCUT2D eigenvalue weighted by Crippen LogP contribution is -2.08. The van der Waals surface area contributed by atoms with Gasteiger partial charge in [-0.25, -0.2) is 0 Å². The first-order valence-corrected chi connectivity index (χ1v) is 5.65. The van der Waals surface area contributed by atoms with Gasteiger partial charge in [-0.05, 0) is 17.7 Å². The Balaban J connectivity index is 3.12. The number of hydrogen-bond acceptors (Lipinski definition) is 3. The van der Waals surface area contributed by atoms with E-state index in [9.17, 15) is 10.1 Å². The van der Waals surface area contributed by atoms with Crippen molar-refractivity contribution in [3.8, 4) is 0 Å². The van der Waals surface area contributed by atoms with Crippen LogP contribution in [-0.4, -0.2) is 19.0 Å². The Kier molecular flexibility index (Phi) is 4.52. The van der Waals surface area contributed by atoms with Gasteiger partial charge in [0.15, 0.2) is 0 Å². The molecule has 0 N–H and O–H groups in total. The molecule has 5 heteroatoms. The average molecular weight is 255 g/mol. The molecule has 0 amide bonds. The maximum Gasteiger partial charge on any atom is 0.246 e. The second kappa shape index (κ2) is 5.68. The SMILES string of the molecule is CC/C(=C\c1ccc(N(C)C)cc1Cl)[N+](=O)[O-]. The standard InChI is InChI=1S/C12H15ClN2O2/c1-4-10(15(16)17)7-9-5-6-11(14(2)3)8-12(9)13/h5-8H,4H2,1-3H3/b10-7+. The number of anilines is 1. The van der Waals surface area contributed by atoms with Crippen LogP contribution in [0.2, 0.25) is 5.02 Å². The number of benzene rings is 1. The molecule has 0 aliphatic heterocycles.